The van der Waals surface area contributed by atoms with E-state index in [1.165, 1.54) is 87.8 Å². The minimum Gasteiger partial charge on any atom is -0.350 e. The maximum absolute atomic E-state index is 2.71. The summed E-state index contributed by atoms with van der Waals surface area (Å²) >= 11 is 0. The molecule has 0 amide bonds. The van der Waals surface area contributed by atoms with Crippen molar-refractivity contribution < 1.29 is 0 Å². The lowest BCUT2D eigenvalue weighted by molar-refractivity contribution is 0.175. The first-order valence-corrected chi connectivity index (χ1v) is 12.3. The molecular formula is C28H38ClN3. The SMILES string of the molecule is Cl.Cn1cc(C2CCN(CCCN3CCC(c4ccccc4)CC3)CC2)c2ccccc21. The molecule has 2 saturated heterocycles. The Morgan fingerprint density at radius 1 is 0.719 bits per heavy atom. The van der Waals surface area contributed by atoms with Crippen LogP contribution in [0.2, 0.25) is 0 Å². The monoisotopic (exact) mass is 451 g/mol. The molecular weight excluding hydrogens is 414 g/mol. The van der Waals surface area contributed by atoms with E-state index in [2.05, 4.69) is 82.2 Å². The number of aryl methyl sites for hydroxylation is 1. The van der Waals surface area contributed by atoms with E-state index in [4.69, 9.17) is 0 Å². The Morgan fingerprint density at radius 2 is 1.28 bits per heavy atom. The largest absolute Gasteiger partial charge is 0.350 e. The Hall–Kier alpha value is -1.81. The van der Waals surface area contributed by atoms with Crippen LogP contribution in [0.25, 0.3) is 10.9 Å². The number of para-hydroxylation sites is 1. The predicted molar refractivity (Wildman–Crippen MR) is 138 cm³/mol. The Bertz CT molecular complexity index is 967. The van der Waals surface area contributed by atoms with Crippen molar-refractivity contribution >= 4 is 23.3 Å². The van der Waals surface area contributed by atoms with Crippen LogP contribution in [0.5, 0.6) is 0 Å². The molecule has 32 heavy (non-hydrogen) atoms. The van der Waals surface area contributed by atoms with Gasteiger partial charge in [-0.3, -0.25) is 0 Å². The molecule has 3 heterocycles. The van der Waals surface area contributed by atoms with Crippen LogP contribution in [0.15, 0.2) is 60.8 Å². The highest BCUT2D eigenvalue weighted by Gasteiger charge is 2.24. The van der Waals surface area contributed by atoms with Gasteiger partial charge in [0.1, 0.15) is 0 Å². The highest BCUT2D eigenvalue weighted by Crippen LogP contribution is 2.34. The van der Waals surface area contributed by atoms with E-state index in [1.807, 2.05) is 0 Å². The van der Waals surface area contributed by atoms with Crippen molar-refractivity contribution in [2.45, 2.75) is 43.9 Å². The van der Waals surface area contributed by atoms with Gasteiger partial charge in [0.25, 0.3) is 0 Å². The number of likely N-dealkylation sites (tertiary alicyclic amines) is 2. The van der Waals surface area contributed by atoms with Gasteiger partial charge in [0.15, 0.2) is 0 Å². The molecule has 0 bridgehead atoms. The predicted octanol–water partition coefficient (Wildman–Crippen LogP) is 6.05. The summed E-state index contributed by atoms with van der Waals surface area (Å²) in [6.07, 6.45) is 8.94. The fourth-order valence-electron chi connectivity index (χ4n) is 5.90. The second-order valence-electron chi connectivity index (χ2n) is 9.71. The van der Waals surface area contributed by atoms with Crippen molar-refractivity contribution in [2.75, 3.05) is 39.3 Å². The molecule has 0 radical (unpaired) electrons. The first-order chi connectivity index (χ1) is 15.3. The van der Waals surface area contributed by atoms with Crippen LogP contribution in [-0.4, -0.2) is 53.6 Å². The lowest BCUT2D eigenvalue weighted by Gasteiger charge is -2.34. The molecule has 2 aromatic carbocycles. The van der Waals surface area contributed by atoms with E-state index in [9.17, 15) is 0 Å². The van der Waals surface area contributed by atoms with Crippen LogP contribution in [0.3, 0.4) is 0 Å². The third kappa shape index (κ3) is 5.22. The maximum atomic E-state index is 2.71. The molecule has 1 aromatic heterocycles. The number of nitrogens with zero attached hydrogens (tertiary/aromatic N) is 3. The third-order valence-electron chi connectivity index (χ3n) is 7.76. The zero-order valence-electron chi connectivity index (χ0n) is 19.5. The third-order valence-corrected chi connectivity index (χ3v) is 7.76. The van der Waals surface area contributed by atoms with Gasteiger partial charge in [-0.25, -0.2) is 0 Å². The Kier molecular flexibility index (Phi) is 7.93. The number of aromatic nitrogens is 1. The Labute approximate surface area is 199 Å². The van der Waals surface area contributed by atoms with Crippen LogP contribution in [0.1, 0.15) is 55.1 Å². The van der Waals surface area contributed by atoms with Gasteiger partial charge >= 0.3 is 0 Å². The van der Waals surface area contributed by atoms with Crippen molar-refractivity contribution in [3.8, 4) is 0 Å². The molecule has 3 aromatic rings. The van der Waals surface area contributed by atoms with Gasteiger partial charge < -0.3 is 14.4 Å². The summed E-state index contributed by atoms with van der Waals surface area (Å²) in [5.41, 5.74) is 4.48. The van der Waals surface area contributed by atoms with Gasteiger partial charge in [0.05, 0.1) is 0 Å². The van der Waals surface area contributed by atoms with Gasteiger partial charge in [-0.15, -0.1) is 12.4 Å². The molecule has 0 spiro atoms. The van der Waals surface area contributed by atoms with Crippen LogP contribution >= 0.6 is 12.4 Å². The van der Waals surface area contributed by atoms with Gasteiger partial charge in [0.2, 0.25) is 0 Å². The smallest absolute Gasteiger partial charge is 0.0480 e. The molecule has 172 valence electrons. The van der Waals surface area contributed by atoms with Crippen molar-refractivity contribution in [1.29, 1.82) is 0 Å². The number of rotatable bonds is 6. The van der Waals surface area contributed by atoms with Crippen molar-refractivity contribution in [2.24, 2.45) is 7.05 Å². The van der Waals surface area contributed by atoms with Crippen LogP contribution < -0.4 is 0 Å². The van der Waals surface area contributed by atoms with E-state index < -0.39 is 0 Å². The molecule has 0 saturated carbocycles. The fraction of sp³-hybridized carbons (Fsp3) is 0.500. The van der Waals surface area contributed by atoms with E-state index in [0.717, 1.165) is 11.8 Å². The normalized spacial score (nSPS) is 19.3. The molecule has 2 aliphatic rings. The average Bonchev–Trinajstić information content (AvgIpc) is 3.17. The summed E-state index contributed by atoms with van der Waals surface area (Å²) < 4.78 is 2.30. The van der Waals surface area contributed by atoms with Crippen LogP contribution in [0.4, 0.5) is 0 Å². The fourth-order valence-corrected chi connectivity index (χ4v) is 5.90. The topological polar surface area (TPSA) is 11.4 Å². The zero-order valence-corrected chi connectivity index (χ0v) is 20.3. The minimum atomic E-state index is 0. The molecule has 4 heteroatoms. The first kappa shape index (κ1) is 23.4. The molecule has 3 nitrogen and oxygen atoms in total. The van der Waals surface area contributed by atoms with Crippen LogP contribution in [0, 0.1) is 0 Å². The molecule has 0 unspecified atom stereocenters. The van der Waals surface area contributed by atoms with E-state index >= 15 is 0 Å². The summed E-state index contributed by atoms with van der Waals surface area (Å²) in [6.45, 7) is 7.57. The van der Waals surface area contributed by atoms with Gasteiger partial charge in [-0.1, -0.05) is 48.5 Å². The number of fused-ring (bicyclic) bond motifs is 1. The second-order valence-corrected chi connectivity index (χ2v) is 9.71. The number of benzene rings is 2. The molecule has 0 atom stereocenters. The Morgan fingerprint density at radius 3 is 1.94 bits per heavy atom. The molecule has 0 aliphatic carbocycles. The maximum Gasteiger partial charge on any atom is 0.0480 e. The summed E-state index contributed by atoms with van der Waals surface area (Å²) in [6, 6.07) is 20.0. The van der Waals surface area contributed by atoms with Gasteiger partial charge in [-0.2, -0.15) is 0 Å². The van der Waals surface area contributed by atoms with Gasteiger partial charge in [-0.05, 0) is 100 Å². The number of hydrogen-bond donors (Lipinski definition) is 0. The van der Waals surface area contributed by atoms with E-state index in [0.29, 0.717) is 0 Å². The van der Waals surface area contributed by atoms with Crippen LogP contribution in [-0.2, 0) is 7.05 Å². The first-order valence-electron chi connectivity index (χ1n) is 12.3. The number of halogens is 1. The molecule has 2 fully saturated rings. The summed E-state index contributed by atoms with van der Waals surface area (Å²) in [5, 5.41) is 1.46. The lowest BCUT2D eigenvalue weighted by atomic mass is 9.89. The highest BCUT2D eigenvalue weighted by atomic mass is 35.5. The van der Waals surface area contributed by atoms with Gasteiger partial charge in [0, 0.05) is 24.1 Å². The highest BCUT2D eigenvalue weighted by molar-refractivity contribution is 5.85. The number of hydrogen-bond acceptors (Lipinski definition) is 2. The number of piperidine rings is 2. The molecule has 0 N–H and O–H groups in total. The van der Waals surface area contributed by atoms with E-state index in [1.54, 1.807) is 5.56 Å². The lowest BCUT2D eigenvalue weighted by Crippen LogP contribution is -2.37. The van der Waals surface area contributed by atoms with Crippen molar-refractivity contribution in [3.63, 3.8) is 0 Å². The Balaban J connectivity index is 0.00000245. The second kappa shape index (κ2) is 10.9. The molecule has 2 aliphatic heterocycles. The van der Waals surface area contributed by atoms with E-state index in [-0.39, 0.29) is 12.4 Å². The quantitative estimate of drug-likeness (QED) is 0.452. The summed E-state index contributed by atoms with van der Waals surface area (Å²) in [5.74, 6) is 1.49. The average molecular weight is 452 g/mol. The standard InChI is InChI=1S/C28H37N3.ClH/c1-29-22-27(26-10-5-6-11-28(26)29)25-14-20-31(21-15-25)17-7-16-30-18-12-24(13-19-30)23-8-3-2-4-9-23;/h2-6,8-11,22,24-25H,7,12-21H2,1H3;1H. The minimum absolute atomic E-state index is 0. The molecule has 5 rings (SSSR count). The zero-order chi connectivity index (χ0) is 21.0. The summed E-state index contributed by atoms with van der Waals surface area (Å²) in [7, 11) is 2.18. The van der Waals surface area contributed by atoms with Crippen molar-refractivity contribution in [1.82, 2.24) is 14.4 Å². The van der Waals surface area contributed by atoms with Crippen molar-refractivity contribution in [3.05, 3.63) is 71.9 Å². The summed E-state index contributed by atoms with van der Waals surface area (Å²) in [4.78, 5) is 5.40.